The summed E-state index contributed by atoms with van der Waals surface area (Å²) >= 11 is 0. The number of hydrogen-bond acceptors (Lipinski definition) is 6. The zero-order chi connectivity index (χ0) is 35.3. The molecule has 0 bridgehead atoms. The first kappa shape index (κ1) is 33.1. The normalized spacial score (nSPS) is 11.3. The molecular formula is C46H38O6. The number of aliphatic hydroxyl groups is 2. The number of ether oxygens (including phenoxy) is 4. The van der Waals surface area contributed by atoms with E-state index >= 15 is 0 Å². The Bertz CT molecular complexity index is 2350. The molecule has 8 rings (SSSR count). The van der Waals surface area contributed by atoms with Crippen LogP contribution in [0.2, 0.25) is 0 Å². The average Bonchev–Trinajstić information content (AvgIpc) is 3.20. The Morgan fingerprint density at radius 3 is 0.808 bits per heavy atom. The highest BCUT2D eigenvalue weighted by Crippen LogP contribution is 2.47. The van der Waals surface area contributed by atoms with Gasteiger partial charge in [0.1, 0.15) is 49.4 Å². The van der Waals surface area contributed by atoms with Crippen molar-refractivity contribution in [3.63, 3.8) is 0 Å². The van der Waals surface area contributed by atoms with Crippen molar-refractivity contribution in [3.05, 3.63) is 146 Å². The van der Waals surface area contributed by atoms with Gasteiger partial charge >= 0.3 is 0 Å². The lowest BCUT2D eigenvalue weighted by molar-refractivity contribution is 0.201. The number of hydrogen-bond donors (Lipinski definition) is 2. The van der Waals surface area contributed by atoms with Gasteiger partial charge < -0.3 is 29.2 Å². The van der Waals surface area contributed by atoms with Gasteiger partial charge in [0.15, 0.2) is 0 Å². The van der Waals surface area contributed by atoms with Crippen molar-refractivity contribution in [3.8, 4) is 45.3 Å². The molecule has 0 amide bonds. The lowest BCUT2D eigenvalue weighted by atomic mass is 9.92. The largest absolute Gasteiger partial charge is 0.491 e. The molecule has 0 spiro atoms. The minimum atomic E-state index is -0.0902. The van der Waals surface area contributed by atoms with Gasteiger partial charge in [-0.1, -0.05) is 121 Å². The standard InChI is InChI=1S/C46H38O6/c47-25-27-49-39-21-17-31-9-1-5-13-35(31)43(39)45-37-15-7-3-11-33(37)19-23-41(45)51-29-30-52-42-24-20-34-12-4-8-16-38(34)46(42)44-36-14-6-2-10-32(36)18-22-40(44)50-28-26-48/h1-24,47-48H,25-30H2. The SMILES string of the molecule is OCCOc1ccc2ccccc2c1-c1c(OCCOc2ccc3ccccc3c2-c2c(OCCO)ccc3ccccc23)ccc2ccccc12. The predicted octanol–water partition coefficient (Wildman–Crippen LogP) is 9.83. The smallest absolute Gasteiger partial charge is 0.128 e. The summed E-state index contributed by atoms with van der Waals surface area (Å²) in [5, 5.41) is 27.7. The van der Waals surface area contributed by atoms with Gasteiger partial charge in [0, 0.05) is 22.3 Å². The van der Waals surface area contributed by atoms with Crippen LogP contribution >= 0.6 is 0 Å². The molecule has 0 aliphatic heterocycles. The Labute approximate surface area is 302 Å². The van der Waals surface area contributed by atoms with E-state index in [4.69, 9.17) is 18.9 Å². The van der Waals surface area contributed by atoms with Crippen LogP contribution in [0, 0.1) is 0 Å². The van der Waals surface area contributed by atoms with E-state index in [1.54, 1.807) is 0 Å². The zero-order valence-corrected chi connectivity index (χ0v) is 28.6. The van der Waals surface area contributed by atoms with E-state index in [1.807, 2.05) is 84.9 Å². The summed E-state index contributed by atoms with van der Waals surface area (Å²) < 4.78 is 25.5. The topological polar surface area (TPSA) is 77.4 Å². The summed E-state index contributed by atoms with van der Waals surface area (Å²) in [6, 6.07) is 49.2. The predicted molar refractivity (Wildman–Crippen MR) is 210 cm³/mol. The maximum absolute atomic E-state index is 9.64. The molecular weight excluding hydrogens is 649 g/mol. The van der Waals surface area contributed by atoms with Crippen molar-refractivity contribution in [2.24, 2.45) is 0 Å². The average molecular weight is 687 g/mol. The Morgan fingerprint density at radius 1 is 0.288 bits per heavy atom. The molecule has 258 valence electrons. The Balaban J connectivity index is 1.18. The van der Waals surface area contributed by atoms with Crippen molar-refractivity contribution < 1.29 is 29.2 Å². The van der Waals surface area contributed by atoms with Crippen LogP contribution in [-0.2, 0) is 0 Å². The third-order valence-corrected chi connectivity index (χ3v) is 9.36. The summed E-state index contributed by atoms with van der Waals surface area (Å²) in [5.74, 6) is 2.78. The second kappa shape index (κ2) is 15.0. The highest BCUT2D eigenvalue weighted by Gasteiger charge is 2.21. The summed E-state index contributed by atoms with van der Waals surface area (Å²) in [4.78, 5) is 0. The second-order valence-corrected chi connectivity index (χ2v) is 12.5. The molecule has 6 nitrogen and oxygen atoms in total. The van der Waals surface area contributed by atoms with Crippen molar-refractivity contribution in [1.82, 2.24) is 0 Å². The lowest BCUT2D eigenvalue weighted by Crippen LogP contribution is -2.11. The van der Waals surface area contributed by atoms with Gasteiger partial charge in [0.05, 0.1) is 13.2 Å². The molecule has 0 saturated heterocycles. The van der Waals surface area contributed by atoms with Gasteiger partial charge in [0.2, 0.25) is 0 Å². The Morgan fingerprint density at radius 2 is 0.538 bits per heavy atom. The van der Waals surface area contributed by atoms with Crippen LogP contribution in [0.25, 0.3) is 65.3 Å². The van der Waals surface area contributed by atoms with Crippen LogP contribution in [0.15, 0.2) is 146 Å². The molecule has 8 aromatic carbocycles. The maximum atomic E-state index is 9.64. The van der Waals surface area contributed by atoms with Gasteiger partial charge in [-0.3, -0.25) is 0 Å². The van der Waals surface area contributed by atoms with Crippen LogP contribution in [0.4, 0.5) is 0 Å². The van der Waals surface area contributed by atoms with Gasteiger partial charge in [-0.15, -0.1) is 0 Å². The van der Waals surface area contributed by atoms with Crippen LogP contribution in [0.3, 0.4) is 0 Å². The van der Waals surface area contributed by atoms with E-state index in [9.17, 15) is 10.2 Å². The molecule has 0 aliphatic carbocycles. The Kier molecular flexibility index (Phi) is 9.57. The van der Waals surface area contributed by atoms with Crippen LogP contribution < -0.4 is 18.9 Å². The van der Waals surface area contributed by atoms with E-state index in [2.05, 4.69) is 60.7 Å². The number of aliphatic hydroxyl groups excluding tert-OH is 2. The fourth-order valence-electron chi connectivity index (χ4n) is 7.13. The third kappa shape index (κ3) is 6.35. The van der Waals surface area contributed by atoms with Gasteiger partial charge in [0.25, 0.3) is 0 Å². The lowest BCUT2D eigenvalue weighted by Gasteiger charge is -2.21. The number of fused-ring (bicyclic) bond motifs is 4. The molecule has 8 aromatic rings. The van der Waals surface area contributed by atoms with Crippen molar-refractivity contribution in [1.29, 1.82) is 0 Å². The van der Waals surface area contributed by atoms with E-state index in [1.165, 1.54) is 0 Å². The van der Waals surface area contributed by atoms with E-state index < -0.39 is 0 Å². The number of rotatable bonds is 13. The Hall–Kier alpha value is -6.08. The van der Waals surface area contributed by atoms with Gasteiger partial charge in [-0.05, 0) is 67.4 Å². The van der Waals surface area contributed by atoms with E-state index in [0.29, 0.717) is 23.0 Å². The molecule has 0 aromatic heterocycles. The second-order valence-electron chi connectivity index (χ2n) is 12.5. The highest BCUT2D eigenvalue weighted by atomic mass is 16.5. The minimum Gasteiger partial charge on any atom is -0.491 e. The molecule has 0 aliphatic rings. The first-order chi connectivity index (χ1) is 25.7. The maximum Gasteiger partial charge on any atom is 0.128 e. The molecule has 6 heteroatoms. The fourth-order valence-corrected chi connectivity index (χ4v) is 7.13. The number of benzene rings is 8. The van der Waals surface area contributed by atoms with Gasteiger partial charge in [-0.25, -0.2) is 0 Å². The van der Waals surface area contributed by atoms with Crippen LogP contribution in [-0.4, -0.2) is 49.9 Å². The van der Waals surface area contributed by atoms with Crippen molar-refractivity contribution >= 4 is 43.1 Å². The molecule has 0 saturated carbocycles. The summed E-state index contributed by atoms with van der Waals surface area (Å²) in [6.45, 7) is 0.729. The summed E-state index contributed by atoms with van der Waals surface area (Å²) in [6.07, 6.45) is 0. The molecule has 0 atom stereocenters. The fraction of sp³-hybridized carbons (Fsp3) is 0.130. The molecule has 2 N–H and O–H groups in total. The zero-order valence-electron chi connectivity index (χ0n) is 28.6. The minimum absolute atomic E-state index is 0.0902. The molecule has 0 fully saturated rings. The molecule has 0 unspecified atom stereocenters. The highest BCUT2D eigenvalue weighted by molar-refractivity contribution is 6.11. The van der Waals surface area contributed by atoms with Crippen LogP contribution in [0.1, 0.15) is 0 Å². The van der Waals surface area contributed by atoms with E-state index in [-0.39, 0.29) is 39.6 Å². The first-order valence-corrected chi connectivity index (χ1v) is 17.6. The molecule has 0 heterocycles. The summed E-state index contributed by atoms with van der Waals surface area (Å²) in [5.41, 5.74) is 3.69. The molecule has 52 heavy (non-hydrogen) atoms. The van der Waals surface area contributed by atoms with Gasteiger partial charge in [-0.2, -0.15) is 0 Å². The first-order valence-electron chi connectivity index (χ1n) is 17.6. The van der Waals surface area contributed by atoms with Crippen molar-refractivity contribution in [2.75, 3.05) is 39.6 Å². The third-order valence-electron chi connectivity index (χ3n) is 9.36. The van der Waals surface area contributed by atoms with Crippen molar-refractivity contribution in [2.45, 2.75) is 0 Å². The van der Waals surface area contributed by atoms with Crippen LogP contribution in [0.5, 0.6) is 23.0 Å². The summed E-state index contributed by atoms with van der Waals surface area (Å²) in [7, 11) is 0. The van der Waals surface area contributed by atoms with E-state index in [0.717, 1.165) is 65.3 Å². The monoisotopic (exact) mass is 686 g/mol. The quantitative estimate of drug-likeness (QED) is 0.118. The molecule has 0 radical (unpaired) electrons.